The summed E-state index contributed by atoms with van der Waals surface area (Å²) in [5.41, 5.74) is 0.247. The maximum atomic E-state index is 11.7. The Labute approximate surface area is 85.7 Å². The van der Waals surface area contributed by atoms with Crippen LogP contribution in [0.25, 0.3) is 0 Å². The van der Waals surface area contributed by atoms with Crippen LogP contribution in [0.1, 0.15) is 16.2 Å². The molecule has 0 unspecified atom stereocenters. The molecule has 5 heteroatoms. The van der Waals surface area contributed by atoms with Gasteiger partial charge in [-0.2, -0.15) is 0 Å². The van der Waals surface area contributed by atoms with E-state index in [-0.39, 0.29) is 17.2 Å². The Balaban J connectivity index is 2.34. The lowest BCUT2D eigenvalue weighted by atomic mass is 10.2. The largest absolute Gasteiger partial charge is 0.481 e. The van der Waals surface area contributed by atoms with E-state index in [1.807, 2.05) is 0 Å². The second-order valence-corrected chi connectivity index (χ2v) is 2.75. The standard InChI is InChI=1S/C10H8N2O3/c1-14-9-5-7(11-6-12-9)10(13)8-3-2-4-15-8/h2-6H,1H3. The van der Waals surface area contributed by atoms with Crippen molar-refractivity contribution in [2.24, 2.45) is 0 Å². The van der Waals surface area contributed by atoms with Crippen LogP contribution in [0.5, 0.6) is 5.88 Å². The van der Waals surface area contributed by atoms with Gasteiger partial charge in [-0.1, -0.05) is 0 Å². The van der Waals surface area contributed by atoms with Gasteiger partial charge in [-0.15, -0.1) is 0 Å². The van der Waals surface area contributed by atoms with Crippen LogP contribution in [-0.4, -0.2) is 22.9 Å². The van der Waals surface area contributed by atoms with Crippen molar-refractivity contribution in [3.8, 4) is 5.88 Å². The molecule has 2 aromatic rings. The predicted molar refractivity (Wildman–Crippen MR) is 50.7 cm³/mol. The highest BCUT2D eigenvalue weighted by Crippen LogP contribution is 2.11. The minimum atomic E-state index is -0.291. The lowest BCUT2D eigenvalue weighted by Gasteiger charge is -1.99. The first-order valence-corrected chi connectivity index (χ1v) is 4.25. The normalized spacial score (nSPS) is 9.93. The van der Waals surface area contributed by atoms with Gasteiger partial charge in [0.15, 0.2) is 5.76 Å². The topological polar surface area (TPSA) is 65.2 Å². The summed E-state index contributed by atoms with van der Waals surface area (Å²) in [6.45, 7) is 0. The highest BCUT2D eigenvalue weighted by molar-refractivity contribution is 6.05. The van der Waals surface area contributed by atoms with Crippen molar-refractivity contribution in [2.75, 3.05) is 7.11 Å². The number of hydrogen-bond donors (Lipinski definition) is 0. The van der Waals surface area contributed by atoms with Crippen molar-refractivity contribution in [1.82, 2.24) is 9.97 Å². The fraction of sp³-hybridized carbons (Fsp3) is 0.100. The number of rotatable bonds is 3. The molecule has 0 saturated carbocycles. The summed E-state index contributed by atoms with van der Waals surface area (Å²) in [7, 11) is 1.48. The van der Waals surface area contributed by atoms with Gasteiger partial charge < -0.3 is 9.15 Å². The van der Waals surface area contributed by atoms with Gasteiger partial charge in [0.1, 0.15) is 12.0 Å². The van der Waals surface area contributed by atoms with Crippen LogP contribution < -0.4 is 4.74 Å². The van der Waals surface area contributed by atoms with Gasteiger partial charge in [0.2, 0.25) is 11.7 Å². The van der Waals surface area contributed by atoms with E-state index in [2.05, 4.69) is 9.97 Å². The number of nitrogens with zero attached hydrogens (tertiary/aromatic N) is 2. The van der Waals surface area contributed by atoms with E-state index >= 15 is 0 Å². The highest BCUT2D eigenvalue weighted by atomic mass is 16.5. The Morgan fingerprint density at radius 2 is 2.33 bits per heavy atom. The Morgan fingerprint density at radius 1 is 1.47 bits per heavy atom. The minimum Gasteiger partial charge on any atom is -0.481 e. The van der Waals surface area contributed by atoms with Crippen molar-refractivity contribution in [2.45, 2.75) is 0 Å². The van der Waals surface area contributed by atoms with Crippen LogP contribution in [0.15, 0.2) is 35.2 Å². The Hall–Kier alpha value is -2.17. The first kappa shape index (κ1) is 9.39. The molecule has 0 aliphatic rings. The van der Waals surface area contributed by atoms with E-state index in [4.69, 9.17) is 9.15 Å². The quantitative estimate of drug-likeness (QED) is 0.705. The zero-order valence-electron chi connectivity index (χ0n) is 8.01. The second kappa shape index (κ2) is 3.91. The molecule has 76 valence electrons. The first-order chi connectivity index (χ1) is 7.31. The first-order valence-electron chi connectivity index (χ1n) is 4.25. The average molecular weight is 204 g/mol. The molecular formula is C10H8N2O3. The minimum absolute atomic E-state index is 0.246. The third kappa shape index (κ3) is 1.85. The molecule has 0 fully saturated rings. The molecule has 0 spiro atoms. The number of ether oxygens (including phenoxy) is 1. The van der Waals surface area contributed by atoms with Crippen LogP contribution in [0.4, 0.5) is 0 Å². The summed E-state index contributed by atoms with van der Waals surface area (Å²) < 4.78 is 9.86. The fourth-order valence-electron chi connectivity index (χ4n) is 1.11. The van der Waals surface area contributed by atoms with Crippen LogP contribution in [0, 0.1) is 0 Å². The van der Waals surface area contributed by atoms with Crippen LogP contribution in [0.3, 0.4) is 0 Å². The van der Waals surface area contributed by atoms with Gasteiger partial charge >= 0.3 is 0 Å². The monoisotopic (exact) mass is 204 g/mol. The lowest BCUT2D eigenvalue weighted by molar-refractivity contribution is 0.100. The van der Waals surface area contributed by atoms with Gasteiger partial charge in [0.25, 0.3) is 0 Å². The number of methoxy groups -OCH3 is 1. The number of ketones is 1. The Bertz CT molecular complexity index is 465. The number of aromatic nitrogens is 2. The smallest absolute Gasteiger partial charge is 0.246 e. The third-order valence-corrected chi connectivity index (χ3v) is 1.83. The SMILES string of the molecule is COc1cc(C(=O)c2ccco2)ncn1. The number of carbonyl (C=O) groups excluding carboxylic acids is 1. The van der Waals surface area contributed by atoms with Gasteiger partial charge in [-0.05, 0) is 12.1 Å². The Kier molecular flexibility index (Phi) is 2.45. The van der Waals surface area contributed by atoms with Crippen LogP contribution in [0.2, 0.25) is 0 Å². The number of furan rings is 1. The molecule has 0 aliphatic heterocycles. The summed E-state index contributed by atoms with van der Waals surface area (Å²) in [5.74, 6) is 0.302. The zero-order chi connectivity index (χ0) is 10.7. The van der Waals surface area contributed by atoms with Crippen molar-refractivity contribution in [3.05, 3.63) is 42.2 Å². The van der Waals surface area contributed by atoms with Crippen LogP contribution >= 0.6 is 0 Å². The molecule has 0 aliphatic carbocycles. The van der Waals surface area contributed by atoms with E-state index in [0.717, 1.165) is 0 Å². The molecule has 0 amide bonds. The van der Waals surface area contributed by atoms with Crippen molar-refractivity contribution in [3.63, 3.8) is 0 Å². The van der Waals surface area contributed by atoms with E-state index in [1.54, 1.807) is 12.1 Å². The van der Waals surface area contributed by atoms with E-state index < -0.39 is 0 Å². The third-order valence-electron chi connectivity index (χ3n) is 1.83. The van der Waals surface area contributed by atoms with Crippen LogP contribution in [-0.2, 0) is 0 Å². The number of carbonyl (C=O) groups is 1. The molecule has 15 heavy (non-hydrogen) atoms. The zero-order valence-corrected chi connectivity index (χ0v) is 8.01. The molecule has 2 rings (SSSR count). The molecule has 0 saturated heterocycles. The number of hydrogen-bond acceptors (Lipinski definition) is 5. The Morgan fingerprint density at radius 3 is 3.00 bits per heavy atom. The summed E-state index contributed by atoms with van der Waals surface area (Å²) in [6, 6.07) is 4.69. The summed E-state index contributed by atoms with van der Waals surface area (Å²) in [4.78, 5) is 19.4. The molecule has 0 aromatic carbocycles. The molecule has 0 atom stereocenters. The van der Waals surface area contributed by atoms with Crippen molar-refractivity contribution >= 4 is 5.78 Å². The maximum absolute atomic E-state index is 11.7. The summed E-state index contributed by atoms with van der Waals surface area (Å²) >= 11 is 0. The van der Waals surface area contributed by atoms with E-state index in [0.29, 0.717) is 5.88 Å². The molecule has 0 N–H and O–H groups in total. The summed E-state index contributed by atoms with van der Waals surface area (Å²) in [6.07, 6.45) is 2.71. The predicted octanol–water partition coefficient (Wildman–Crippen LogP) is 1.31. The highest BCUT2D eigenvalue weighted by Gasteiger charge is 2.14. The average Bonchev–Trinajstić information content (AvgIpc) is 2.81. The van der Waals surface area contributed by atoms with Gasteiger partial charge in [-0.3, -0.25) is 4.79 Å². The molecule has 0 bridgehead atoms. The van der Waals surface area contributed by atoms with Gasteiger partial charge in [-0.25, -0.2) is 9.97 Å². The van der Waals surface area contributed by atoms with Crippen molar-refractivity contribution < 1.29 is 13.9 Å². The van der Waals surface area contributed by atoms with Gasteiger partial charge in [0.05, 0.1) is 13.4 Å². The molecule has 0 radical (unpaired) electrons. The second-order valence-electron chi connectivity index (χ2n) is 2.75. The van der Waals surface area contributed by atoms with E-state index in [9.17, 15) is 4.79 Å². The fourth-order valence-corrected chi connectivity index (χ4v) is 1.11. The molecular weight excluding hydrogens is 196 g/mol. The molecule has 5 nitrogen and oxygen atoms in total. The van der Waals surface area contributed by atoms with Gasteiger partial charge in [0, 0.05) is 6.07 Å². The maximum Gasteiger partial charge on any atom is 0.246 e. The molecule has 2 aromatic heterocycles. The van der Waals surface area contributed by atoms with Crippen molar-refractivity contribution in [1.29, 1.82) is 0 Å². The lowest BCUT2D eigenvalue weighted by Crippen LogP contribution is -2.03. The molecule has 2 heterocycles. The van der Waals surface area contributed by atoms with E-state index in [1.165, 1.54) is 25.8 Å². The summed E-state index contributed by atoms with van der Waals surface area (Å²) in [5, 5.41) is 0.